The van der Waals surface area contributed by atoms with E-state index in [0.29, 0.717) is 11.4 Å². The van der Waals surface area contributed by atoms with Crippen LogP contribution in [0.25, 0.3) is 6.08 Å². The summed E-state index contributed by atoms with van der Waals surface area (Å²) in [6.07, 6.45) is 5.66. The lowest BCUT2D eigenvalue weighted by atomic mass is 9.68. The Kier molecular flexibility index (Phi) is 6.65. The number of aliphatic hydroxyl groups is 1. The highest BCUT2D eigenvalue weighted by Gasteiger charge is 2.43. The minimum absolute atomic E-state index is 0.163. The smallest absolute Gasteiger partial charge is 0.0940 e. The van der Waals surface area contributed by atoms with Crippen LogP contribution in [0, 0.1) is 5.92 Å². The zero-order chi connectivity index (χ0) is 19.4. The lowest BCUT2D eigenvalue weighted by Gasteiger charge is -2.44. The van der Waals surface area contributed by atoms with E-state index in [9.17, 15) is 5.11 Å². The van der Waals surface area contributed by atoms with Crippen molar-refractivity contribution in [3.8, 4) is 0 Å². The third-order valence-electron chi connectivity index (χ3n) is 5.44. The van der Waals surface area contributed by atoms with E-state index in [1.165, 1.54) is 0 Å². The fraction of sp³-hybridized carbons (Fsp3) is 0.391. The average Bonchev–Trinajstić information content (AvgIpc) is 2.62. The topological polar surface area (TPSA) is 23.5 Å². The fourth-order valence-electron chi connectivity index (χ4n) is 4.09. The van der Waals surface area contributed by atoms with E-state index in [0.717, 1.165) is 47.5 Å². The van der Waals surface area contributed by atoms with Gasteiger partial charge in [-0.15, -0.1) is 0 Å². The van der Waals surface area contributed by atoms with E-state index in [2.05, 4.69) is 25.1 Å². The summed E-state index contributed by atoms with van der Waals surface area (Å²) in [5.41, 5.74) is 2.24. The number of benzene rings is 2. The van der Waals surface area contributed by atoms with Crippen molar-refractivity contribution in [2.75, 3.05) is 20.6 Å². The first-order valence-electron chi connectivity index (χ1n) is 9.45. The largest absolute Gasteiger partial charge is 0.385 e. The molecule has 2 aromatic carbocycles. The molecular weight excluding hydrogens is 377 g/mol. The highest BCUT2D eigenvalue weighted by atomic mass is 35.5. The molecule has 0 radical (unpaired) electrons. The predicted octanol–water partition coefficient (Wildman–Crippen LogP) is 5.71. The maximum Gasteiger partial charge on any atom is 0.0940 e. The van der Waals surface area contributed by atoms with Crippen molar-refractivity contribution in [3.63, 3.8) is 0 Å². The lowest BCUT2D eigenvalue weighted by Crippen LogP contribution is -2.48. The van der Waals surface area contributed by atoms with Gasteiger partial charge in [-0.3, -0.25) is 0 Å². The molecule has 1 aliphatic rings. The van der Waals surface area contributed by atoms with Crippen LogP contribution in [-0.2, 0) is 6.42 Å². The Balaban J connectivity index is 2.01. The van der Waals surface area contributed by atoms with Gasteiger partial charge < -0.3 is 10.0 Å². The van der Waals surface area contributed by atoms with E-state index in [1.54, 1.807) is 0 Å². The summed E-state index contributed by atoms with van der Waals surface area (Å²) in [6, 6.07) is 15.6. The third kappa shape index (κ3) is 4.94. The van der Waals surface area contributed by atoms with Crippen LogP contribution in [0.1, 0.15) is 30.4 Å². The van der Waals surface area contributed by atoms with Crippen molar-refractivity contribution in [3.05, 3.63) is 75.3 Å². The van der Waals surface area contributed by atoms with Gasteiger partial charge in [0, 0.05) is 28.9 Å². The number of hydrogen-bond donors (Lipinski definition) is 1. The summed E-state index contributed by atoms with van der Waals surface area (Å²) in [5.74, 6) is 0.163. The Bertz CT molecular complexity index is 800. The highest BCUT2D eigenvalue weighted by molar-refractivity contribution is 6.31. The molecular formula is C23H27Cl2NO. The lowest BCUT2D eigenvalue weighted by molar-refractivity contribution is -0.0123. The standard InChI is InChI=1S/C23H27Cl2NO/c1-26(2)16-20-8-5-7-19(14-17-10-12-21(24)13-11-17)23(20,27)15-18-6-3-4-9-22(18)25/h3-4,6,9-14,20,27H,5,7-8,15-16H2,1-2H3. The molecule has 1 N–H and O–H groups in total. The maximum atomic E-state index is 12.0. The van der Waals surface area contributed by atoms with Gasteiger partial charge in [0.2, 0.25) is 0 Å². The molecule has 2 atom stereocenters. The molecule has 2 nitrogen and oxygen atoms in total. The third-order valence-corrected chi connectivity index (χ3v) is 6.07. The molecule has 27 heavy (non-hydrogen) atoms. The normalized spacial score (nSPS) is 24.5. The van der Waals surface area contributed by atoms with Crippen LogP contribution in [0.4, 0.5) is 0 Å². The van der Waals surface area contributed by atoms with E-state index in [1.807, 2.05) is 48.5 Å². The van der Waals surface area contributed by atoms with Gasteiger partial charge in [0.25, 0.3) is 0 Å². The molecule has 144 valence electrons. The van der Waals surface area contributed by atoms with Crippen LogP contribution in [0.15, 0.2) is 54.1 Å². The molecule has 0 bridgehead atoms. The summed E-state index contributed by atoms with van der Waals surface area (Å²) in [6.45, 7) is 0.846. The number of halogens is 2. The molecule has 3 rings (SSSR count). The van der Waals surface area contributed by atoms with Crippen LogP contribution in [0.2, 0.25) is 10.0 Å². The summed E-state index contributed by atoms with van der Waals surface area (Å²) in [7, 11) is 4.13. The second-order valence-electron chi connectivity index (χ2n) is 7.76. The van der Waals surface area contributed by atoms with Crippen molar-refractivity contribution in [1.29, 1.82) is 0 Å². The quantitative estimate of drug-likeness (QED) is 0.690. The molecule has 0 amide bonds. The highest BCUT2D eigenvalue weighted by Crippen LogP contribution is 2.42. The van der Waals surface area contributed by atoms with Crippen LogP contribution >= 0.6 is 23.2 Å². The molecule has 0 aliphatic heterocycles. The van der Waals surface area contributed by atoms with Crippen LogP contribution < -0.4 is 0 Å². The van der Waals surface area contributed by atoms with Crippen LogP contribution in [0.5, 0.6) is 0 Å². The first-order valence-corrected chi connectivity index (χ1v) is 10.2. The van der Waals surface area contributed by atoms with Gasteiger partial charge in [-0.05, 0) is 68.3 Å². The molecule has 1 fully saturated rings. The second kappa shape index (κ2) is 8.79. The molecule has 0 aromatic heterocycles. The Hall–Kier alpha value is -1.32. The summed E-state index contributed by atoms with van der Waals surface area (Å²) >= 11 is 12.5. The van der Waals surface area contributed by atoms with Gasteiger partial charge in [0.05, 0.1) is 5.60 Å². The molecule has 1 aliphatic carbocycles. The molecule has 4 heteroatoms. The van der Waals surface area contributed by atoms with Crippen molar-refractivity contribution in [1.82, 2.24) is 4.90 Å². The van der Waals surface area contributed by atoms with Gasteiger partial charge >= 0.3 is 0 Å². The molecule has 2 unspecified atom stereocenters. The zero-order valence-electron chi connectivity index (χ0n) is 16.0. The minimum atomic E-state index is -0.910. The molecule has 0 spiro atoms. The van der Waals surface area contributed by atoms with Gasteiger partial charge in [-0.25, -0.2) is 0 Å². The Morgan fingerprint density at radius 1 is 1.11 bits per heavy atom. The van der Waals surface area contributed by atoms with Crippen molar-refractivity contribution in [2.24, 2.45) is 5.92 Å². The van der Waals surface area contributed by atoms with E-state index in [-0.39, 0.29) is 5.92 Å². The van der Waals surface area contributed by atoms with Gasteiger partial charge in [0.15, 0.2) is 0 Å². The fourth-order valence-corrected chi connectivity index (χ4v) is 4.42. The van der Waals surface area contributed by atoms with Gasteiger partial charge in [-0.2, -0.15) is 0 Å². The molecule has 0 heterocycles. The predicted molar refractivity (Wildman–Crippen MR) is 115 cm³/mol. The van der Waals surface area contributed by atoms with E-state index < -0.39 is 5.60 Å². The second-order valence-corrected chi connectivity index (χ2v) is 8.61. The van der Waals surface area contributed by atoms with Crippen LogP contribution in [0.3, 0.4) is 0 Å². The number of hydrogen-bond acceptors (Lipinski definition) is 2. The first-order chi connectivity index (χ1) is 12.9. The SMILES string of the molecule is CN(C)CC1CCCC(=Cc2ccc(Cl)cc2)C1(O)Cc1ccccc1Cl. The van der Waals surface area contributed by atoms with Crippen molar-refractivity contribution < 1.29 is 5.11 Å². The van der Waals surface area contributed by atoms with E-state index in [4.69, 9.17) is 23.2 Å². The van der Waals surface area contributed by atoms with Crippen molar-refractivity contribution >= 4 is 29.3 Å². The van der Waals surface area contributed by atoms with Crippen LogP contribution in [-0.4, -0.2) is 36.2 Å². The van der Waals surface area contributed by atoms with Crippen molar-refractivity contribution in [2.45, 2.75) is 31.3 Å². The number of nitrogens with zero attached hydrogens (tertiary/aromatic N) is 1. The zero-order valence-corrected chi connectivity index (χ0v) is 17.5. The molecule has 0 saturated heterocycles. The first kappa shape index (κ1) is 20.4. The summed E-state index contributed by atoms with van der Waals surface area (Å²) in [4.78, 5) is 2.16. The van der Waals surface area contributed by atoms with E-state index >= 15 is 0 Å². The molecule has 1 saturated carbocycles. The van der Waals surface area contributed by atoms with Gasteiger partial charge in [-0.1, -0.05) is 59.6 Å². The Morgan fingerprint density at radius 3 is 2.48 bits per heavy atom. The Morgan fingerprint density at radius 2 is 1.81 bits per heavy atom. The Labute approximate surface area is 172 Å². The monoisotopic (exact) mass is 403 g/mol. The average molecular weight is 404 g/mol. The minimum Gasteiger partial charge on any atom is -0.385 e. The number of rotatable bonds is 5. The maximum absolute atomic E-state index is 12.0. The van der Waals surface area contributed by atoms with Gasteiger partial charge in [0.1, 0.15) is 0 Å². The molecule has 2 aromatic rings. The summed E-state index contributed by atoms with van der Waals surface area (Å²) < 4.78 is 0. The summed E-state index contributed by atoms with van der Waals surface area (Å²) in [5, 5.41) is 13.4.